The zero-order chi connectivity index (χ0) is 18.2. The van der Waals surface area contributed by atoms with Crippen molar-refractivity contribution in [2.75, 3.05) is 13.1 Å². The Kier molecular flexibility index (Phi) is 4.17. The van der Waals surface area contributed by atoms with Crippen LogP contribution in [0.4, 0.5) is 0 Å². The Balaban J connectivity index is 1.34. The number of carbonyl (C=O) groups is 1. The number of hydrogen-bond acceptors (Lipinski definition) is 4. The molecule has 0 saturated carbocycles. The average Bonchev–Trinajstić information content (AvgIpc) is 2.92. The van der Waals surface area contributed by atoms with E-state index in [0.717, 1.165) is 54.9 Å². The van der Waals surface area contributed by atoms with Crippen LogP contribution in [-0.4, -0.2) is 39.8 Å². The summed E-state index contributed by atoms with van der Waals surface area (Å²) in [4.78, 5) is 21.8. The van der Waals surface area contributed by atoms with Gasteiger partial charge in [0.2, 0.25) is 5.91 Å². The zero-order valence-corrected chi connectivity index (χ0v) is 15.3. The van der Waals surface area contributed by atoms with Gasteiger partial charge in [-0.1, -0.05) is 24.3 Å². The molecular weight excluding hydrogens is 338 g/mol. The van der Waals surface area contributed by atoms with Crippen LogP contribution in [0.2, 0.25) is 0 Å². The Morgan fingerprint density at radius 2 is 1.93 bits per heavy atom. The molecule has 3 aliphatic rings. The molecule has 1 amide bonds. The summed E-state index contributed by atoms with van der Waals surface area (Å²) in [5.74, 6) is 1.34. The van der Waals surface area contributed by atoms with Crippen molar-refractivity contribution in [3.63, 3.8) is 0 Å². The highest BCUT2D eigenvalue weighted by Gasteiger charge is 2.40. The SMILES string of the molecule is O=C1C2CCC(CN(Cc3cc4ccccc4o3)C2)N1Cc1ccccn1. The third-order valence-corrected chi connectivity index (χ3v) is 5.78. The zero-order valence-electron chi connectivity index (χ0n) is 15.3. The molecule has 2 bridgehead atoms. The van der Waals surface area contributed by atoms with Gasteiger partial charge in [0.15, 0.2) is 0 Å². The maximum absolute atomic E-state index is 13.0. The van der Waals surface area contributed by atoms with Gasteiger partial charge in [-0.2, -0.15) is 0 Å². The number of nitrogens with zero attached hydrogens (tertiary/aromatic N) is 3. The smallest absolute Gasteiger partial charge is 0.227 e. The molecule has 3 aliphatic heterocycles. The second-order valence-electron chi connectivity index (χ2n) is 7.66. The maximum Gasteiger partial charge on any atom is 0.227 e. The average molecular weight is 361 g/mol. The van der Waals surface area contributed by atoms with E-state index in [1.54, 1.807) is 6.20 Å². The highest BCUT2D eigenvalue weighted by molar-refractivity contribution is 5.80. The molecule has 3 aromatic rings. The van der Waals surface area contributed by atoms with Crippen LogP contribution in [0.3, 0.4) is 0 Å². The van der Waals surface area contributed by atoms with E-state index in [-0.39, 0.29) is 17.9 Å². The van der Waals surface area contributed by atoms with Crippen LogP contribution >= 0.6 is 0 Å². The Morgan fingerprint density at radius 3 is 2.78 bits per heavy atom. The monoisotopic (exact) mass is 361 g/mol. The Hall–Kier alpha value is -2.66. The molecule has 2 aromatic heterocycles. The number of pyridine rings is 1. The molecule has 2 atom stereocenters. The topological polar surface area (TPSA) is 49.6 Å². The number of aromatic nitrogens is 1. The van der Waals surface area contributed by atoms with Crippen molar-refractivity contribution >= 4 is 16.9 Å². The third-order valence-electron chi connectivity index (χ3n) is 5.78. The van der Waals surface area contributed by atoms with E-state index >= 15 is 0 Å². The molecule has 5 heteroatoms. The predicted molar refractivity (Wildman–Crippen MR) is 103 cm³/mol. The fourth-order valence-corrected chi connectivity index (χ4v) is 4.47. The van der Waals surface area contributed by atoms with Crippen LogP contribution in [0.15, 0.2) is 59.1 Å². The largest absolute Gasteiger partial charge is 0.460 e. The molecular formula is C22H23N3O2. The van der Waals surface area contributed by atoms with Crippen molar-refractivity contribution in [1.82, 2.24) is 14.8 Å². The molecule has 6 rings (SSSR count). The molecule has 3 fully saturated rings. The van der Waals surface area contributed by atoms with Gasteiger partial charge in [-0.05, 0) is 37.1 Å². The lowest BCUT2D eigenvalue weighted by Gasteiger charge is -2.35. The number of benzene rings is 1. The van der Waals surface area contributed by atoms with Gasteiger partial charge in [-0.3, -0.25) is 14.7 Å². The Labute approximate surface area is 158 Å². The first kappa shape index (κ1) is 16.5. The summed E-state index contributed by atoms with van der Waals surface area (Å²) >= 11 is 0. The summed E-state index contributed by atoms with van der Waals surface area (Å²) in [7, 11) is 0. The molecule has 1 aromatic carbocycles. The third kappa shape index (κ3) is 3.23. The highest BCUT2D eigenvalue weighted by Crippen LogP contribution is 2.31. The summed E-state index contributed by atoms with van der Waals surface area (Å²) in [5.41, 5.74) is 1.89. The van der Waals surface area contributed by atoms with Gasteiger partial charge in [0.05, 0.1) is 24.7 Å². The fourth-order valence-electron chi connectivity index (χ4n) is 4.47. The van der Waals surface area contributed by atoms with Crippen molar-refractivity contribution in [2.45, 2.75) is 32.0 Å². The fraction of sp³-hybridized carbons (Fsp3) is 0.364. The van der Waals surface area contributed by atoms with Crippen LogP contribution in [-0.2, 0) is 17.9 Å². The highest BCUT2D eigenvalue weighted by atomic mass is 16.3. The van der Waals surface area contributed by atoms with Gasteiger partial charge in [-0.25, -0.2) is 0 Å². The molecule has 0 aliphatic carbocycles. The minimum absolute atomic E-state index is 0.0804. The van der Waals surface area contributed by atoms with Crippen molar-refractivity contribution < 1.29 is 9.21 Å². The molecule has 5 heterocycles. The lowest BCUT2D eigenvalue weighted by Crippen LogP contribution is -2.47. The van der Waals surface area contributed by atoms with Gasteiger partial charge in [-0.15, -0.1) is 0 Å². The van der Waals surface area contributed by atoms with E-state index in [2.05, 4.69) is 26.9 Å². The minimum Gasteiger partial charge on any atom is -0.460 e. The molecule has 0 N–H and O–H groups in total. The van der Waals surface area contributed by atoms with Crippen molar-refractivity contribution in [1.29, 1.82) is 0 Å². The van der Waals surface area contributed by atoms with Gasteiger partial charge < -0.3 is 9.32 Å². The summed E-state index contributed by atoms with van der Waals surface area (Å²) < 4.78 is 6.00. The normalized spacial score (nSPS) is 23.1. The number of fused-ring (bicyclic) bond motifs is 5. The lowest BCUT2D eigenvalue weighted by molar-refractivity contribution is -0.140. The number of piperidine rings is 1. The molecule has 27 heavy (non-hydrogen) atoms. The van der Waals surface area contributed by atoms with Gasteiger partial charge >= 0.3 is 0 Å². The van der Waals surface area contributed by atoms with E-state index in [1.807, 2.05) is 36.4 Å². The molecule has 138 valence electrons. The number of amides is 1. The number of furan rings is 1. The van der Waals surface area contributed by atoms with Gasteiger partial charge in [0.1, 0.15) is 11.3 Å². The van der Waals surface area contributed by atoms with Crippen LogP contribution < -0.4 is 0 Å². The molecule has 0 radical (unpaired) electrons. The first-order chi connectivity index (χ1) is 13.3. The molecule has 5 nitrogen and oxygen atoms in total. The molecule has 0 spiro atoms. The van der Waals surface area contributed by atoms with Crippen LogP contribution in [0, 0.1) is 5.92 Å². The van der Waals surface area contributed by atoms with Crippen LogP contribution in [0.25, 0.3) is 11.0 Å². The first-order valence-electron chi connectivity index (χ1n) is 9.66. The number of carbonyl (C=O) groups excluding carboxylic acids is 1. The van der Waals surface area contributed by atoms with E-state index in [9.17, 15) is 4.79 Å². The Morgan fingerprint density at radius 1 is 1.04 bits per heavy atom. The number of rotatable bonds is 4. The summed E-state index contributed by atoms with van der Waals surface area (Å²) in [6, 6.07) is 16.4. The van der Waals surface area contributed by atoms with Gasteiger partial charge in [0.25, 0.3) is 0 Å². The van der Waals surface area contributed by atoms with Crippen molar-refractivity contribution in [3.05, 3.63) is 66.2 Å². The Bertz CT molecular complexity index is 919. The van der Waals surface area contributed by atoms with E-state index in [4.69, 9.17) is 4.42 Å². The number of hydrogen-bond donors (Lipinski definition) is 0. The molecule has 3 saturated heterocycles. The summed E-state index contributed by atoms with van der Waals surface area (Å²) in [6.07, 6.45) is 3.85. The standard InChI is InChI=1S/C22H23N3O2/c26-22-17-8-9-19(25(22)13-18-6-3-4-10-23-18)14-24(12-17)15-20-11-16-5-1-2-7-21(16)27-20/h1-7,10-11,17,19H,8-9,12-15H2. The minimum atomic E-state index is 0.0804. The summed E-state index contributed by atoms with van der Waals surface area (Å²) in [6.45, 7) is 3.07. The summed E-state index contributed by atoms with van der Waals surface area (Å²) in [5, 5.41) is 1.14. The maximum atomic E-state index is 13.0. The van der Waals surface area contributed by atoms with E-state index in [1.165, 1.54) is 0 Å². The predicted octanol–water partition coefficient (Wildman–Crippen LogP) is 3.45. The van der Waals surface area contributed by atoms with Crippen LogP contribution in [0.1, 0.15) is 24.3 Å². The number of para-hydroxylation sites is 1. The van der Waals surface area contributed by atoms with Crippen LogP contribution in [0.5, 0.6) is 0 Å². The lowest BCUT2D eigenvalue weighted by atomic mass is 9.94. The first-order valence-corrected chi connectivity index (χ1v) is 9.66. The van der Waals surface area contributed by atoms with Crippen molar-refractivity contribution in [2.24, 2.45) is 5.92 Å². The molecule has 2 unspecified atom stereocenters. The van der Waals surface area contributed by atoms with Crippen molar-refractivity contribution in [3.8, 4) is 0 Å². The van der Waals surface area contributed by atoms with E-state index < -0.39 is 0 Å². The quantitative estimate of drug-likeness (QED) is 0.714. The second-order valence-corrected chi connectivity index (χ2v) is 7.66. The van der Waals surface area contributed by atoms with E-state index in [0.29, 0.717) is 6.54 Å². The second kappa shape index (κ2) is 6.82. The van der Waals surface area contributed by atoms with Gasteiger partial charge in [0, 0.05) is 30.7 Å².